The molecule has 0 radical (unpaired) electrons. The third-order valence-corrected chi connectivity index (χ3v) is 4.46. The van der Waals surface area contributed by atoms with Crippen LogP contribution in [0.2, 0.25) is 0 Å². The lowest BCUT2D eigenvalue weighted by Gasteiger charge is -2.26. The smallest absolute Gasteiger partial charge is 0.407 e. The molecule has 21 heavy (non-hydrogen) atoms. The van der Waals surface area contributed by atoms with E-state index < -0.39 is 6.09 Å². The average molecular weight is 288 g/mol. The molecule has 2 N–H and O–H groups in total. The first-order chi connectivity index (χ1) is 10.1. The van der Waals surface area contributed by atoms with Crippen molar-refractivity contribution in [2.45, 2.75) is 31.7 Å². The largest absolute Gasteiger partial charge is 0.465 e. The molecule has 0 atom stereocenters. The molecule has 2 aromatic rings. The van der Waals surface area contributed by atoms with Gasteiger partial charge in [-0.3, -0.25) is 9.48 Å². The zero-order chi connectivity index (χ0) is 14.7. The number of aryl methyl sites for hydroxylation is 1. The lowest BCUT2D eigenvalue weighted by Crippen LogP contribution is -2.38. The highest BCUT2D eigenvalue weighted by atomic mass is 16.4. The summed E-state index contributed by atoms with van der Waals surface area (Å²) in [5.74, 6) is 0.487. The van der Waals surface area contributed by atoms with Crippen molar-refractivity contribution in [1.29, 1.82) is 0 Å². The number of aromatic amines is 1. The molecule has 110 valence electrons. The third-order valence-electron chi connectivity index (χ3n) is 4.46. The molecule has 3 heterocycles. The number of nitrogens with one attached hydrogen (secondary N) is 1. The van der Waals surface area contributed by atoms with Crippen LogP contribution in [0.4, 0.5) is 4.79 Å². The van der Waals surface area contributed by atoms with Gasteiger partial charge in [0.1, 0.15) is 5.65 Å². The minimum atomic E-state index is -0.978. The minimum Gasteiger partial charge on any atom is -0.465 e. The van der Waals surface area contributed by atoms with Crippen LogP contribution in [0.15, 0.2) is 4.79 Å². The first kappa shape index (κ1) is 12.4. The normalized spacial score (nSPS) is 18.0. The number of nitrogens with zero attached hydrogens (tertiary/aromatic N) is 3. The Hall–Kier alpha value is -2.31. The van der Waals surface area contributed by atoms with Gasteiger partial charge in [0.05, 0.1) is 12.2 Å². The maximum absolute atomic E-state index is 12.3. The number of rotatable bonds is 1. The fourth-order valence-electron chi connectivity index (χ4n) is 3.22. The van der Waals surface area contributed by atoms with Crippen LogP contribution in [0, 0.1) is 0 Å². The van der Waals surface area contributed by atoms with E-state index in [1.807, 2.05) is 7.05 Å². The van der Waals surface area contributed by atoms with Crippen LogP contribution in [-0.4, -0.2) is 37.4 Å². The SMILES string of the molecule is Cn1nc(C2CC2)c2c3c(c(=O)[nH]c21)CN(C(=O)O)CC3. The zero-order valence-electron chi connectivity index (χ0n) is 11.7. The molecule has 4 rings (SSSR count). The molecule has 0 unspecified atom stereocenters. The van der Waals surface area contributed by atoms with Crippen molar-refractivity contribution in [3.63, 3.8) is 0 Å². The van der Waals surface area contributed by atoms with Crippen molar-refractivity contribution >= 4 is 17.1 Å². The van der Waals surface area contributed by atoms with Gasteiger partial charge in [0.15, 0.2) is 0 Å². The summed E-state index contributed by atoms with van der Waals surface area (Å²) in [5.41, 5.74) is 3.18. The topological polar surface area (TPSA) is 91.2 Å². The Morgan fingerprint density at radius 1 is 1.38 bits per heavy atom. The van der Waals surface area contributed by atoms with Gasteiger partial charge in [-0.15, -0.1) is 0 Å². The number of hydrogen-bond donors (Lipinski definition) is 2. The highest BCUT2D eigenvalue weighted by Crippen LogP contribution is 2.43. The van der Waals surface area contributed by atoms with E-state index >= 15 is 0 Å². The number of amides is 1. The summed E-state index contributed by atoms with van der Waals surface area (Å²) in [7, 11) is 1.84. The summed E-state index contributed by atoms with van der Waals surface area (Å²) in [5, 5.41) is 14.7. The fourth-order valence-corrected chi connectivity index (χ4v) is 3.22. The van der Waals surface area contributed by atoms with Crippen LogP contribution in [0.5, 0.6) is 0 Å². The lowest BCUT2D eigenvalue weighted by atomic mass is 9.96. The molecule has 0 spiro atoms. The van der Waals surface area contributed by atoms with E-state index in [9.17, 15) is 9.59 Å². The molecule has 0 saturated heterocycles. The summed E-state index contributed by atoms with van der Waals surface area (Å²) in [6, 6.07) is 0. The van der Waals surface area contributed by atoms with Crippen LogP contribution in [-0.2, 0) is 20.0 Å². The maximum Gasteiger partial charge on any atom is 0.407 e. The number of H-pyrrole nitrogens is 1. The van der Waals surface area contributed by atoms with Crippen LogP contribution in [0.3, 0.4) is 0 Å². The summed E-state index contributed by atoms with van der Waals surface area (Å²) >= 11 is 0. The molecular formula is C14H16N4O3. The van der Waals surface area contributed by atoms with E-state index in [1.54, 1.807) is 4.68 Å². The van der Waals surface area contributed by atoms with E-state index in [1.165, 1.54) is 4.90 Å². The molecule has 1 fully saturated rings. The predicted molar refractivity (Wildman–Crippen MR) is 75.4 cm³/mol. The fraction of sp³-hybridized carbons (Fsp3) is 0.500. The van der Waals surface area contributed by atoms with Crippen LogP contribution < -0.4 is 5.56 Å². The summed E-state index contributed by atoms with van der Waals surface area (Å²) in [4.78, 5) is 27.6. The zero-order valence-corrected chi connectivity index (χ0v) is 11.7. The summed E-state index contributed by atoms with van der Waals surface area (Å²) in [6.07, 6.45) is 1.88. The maximum atomic E-state index is 12.3. The molecule has 7 nitrogen and oxygen atoms in total. The Balaban J connectivity index is 1.97. The molecular weight excluding hydrogens is 272 g/mol. The van der Waals surface area contributed by atoms with Crippen molar-refractivity contribution in [2.75, 3.05) is 6.54 Å². The molecule has 1 aliphatic heterocycles. The third kappa shape index (κ3) is 1.76. The van der Waals surface area contributed by atoms with Gasteiger partial charge >= 0.3 is 6.09 Å². The Morgan fingerprint density at radius 2 is 2.14 bits per heavy atom. The van der Waals surface area contributed by atoms with Crippen molar-refractivity contribution in [2.24, 2.45) is 7.05 Å². The van der Waals surface area contributed by atoms with Crippen molar-refractivity contribution < 1.29 is 9.90 Å². The second-order valence-electron chi connectivity index (χ2n) is 5.87. The van der Waals surface area contributed by atoms with Crippen molar-refractivity contribution in [3.8, 4) is 0 Å². The molecule has 0 bridgehead atoms. The molecule has 1 amide bonds. The highest BCUT2D eigenvalue weighted by Gasteiger charge is 2.33. The Labute approximate surface area is 120 Å². The number of carbonyl (C=O) groups is 1. The molecule has 7 heteroatoms. The van der Waals surface area contributed by atoms with Crippen LogP contribution in [0.1, 0.15) is 35.6 Å². The van der Waals surface area contributed by atoms with E-state index in [0.717, 1.165) is 35.1 Å². The molecule has 1 saturated carbocycles. The number of fused-ring (bicyclic) bond motifs is 3. The number of pyridine rings is 1. The van der Waals surface area contributed by atoms with Gasteiger partial charge in [0.25, 0.3) is 5.56 Å². The first-order valence-corrected chi connectivity index (χ1v) is 7.14. The Morgan fingerprint density at radius 3 is 2.81 bits per heavy atom. The second-order valence-corrected chi connectivity index (χ2v) is 5.87. The summed E-state index contributed by atoms with van der Waals surface area (Å²) in [6.45, 7) is 0.592. The highest BCUT2D eigenvalue weighted by molar-refractivity contribution is 5.84. The predicted octanol–water partition coefficient (Wildman–Crippen LogP) is 1.18. The van der Waals surface area contributed by atoms with Gasteiger partial charge in [-0.1, -0.05) is 0 Å². The van der Waals surface area contributed by atoms with Crippen molar-refractivity contribution in [1.82, 2.24) is 19.7 Å². The van der Waals surface area contributed by atoms with Crippen molar-refractivity contribution in [3.05, 3.63) is 27.2 Å². The van der Waals surface area contributed by atoms with Gasteiger partial charge in [-0.05, 0) is 24.8 Å². The van der Waals surface area contributed by atoms with Gasteiger partial charge < -0.3 is 15.0 Å². The second kappa shape index (κ2) is 4.09. The van der Waals surface area contributed by atoms with Crippen LogP contribution >= 0.6 is 0 Å². The minimum absolute atomic E-state index is 0.162. The lowest BCUT2D eigenvalue weighted by molar-refractivity contribution is 0.140. The van der Waals surface area contributed by atoms with Gasteiger partial charge in [-0.25, -0.2) is 4.79 Å². The number of aromatic nitrogens is 3. The standard InChI is InChI=1S/C14H16N4O3/c1-17-12-10(11(16-17)7-2-3-7)8-4-5-18(14(20)21)6-9(8)13(19)15-12/h7H,2-6H2,1H3,(H,15,19)(H,20,21). The number of carboxylic acid groups (broad SMARTS) is 1. The monoisotopic (exact) mass is 288 g/mol. The van der Waals surface area contributed by atoms with Crippen LogP contribution in [0.25, 0.3) is 11.0 Å². The van der Waals surface area contributed by atoms with Gasteiger partial charge in [0, 0.05) is 30.5 Å². The Kier molecular flexibility index (Phi) is 2.42. The van der Waals surface area contributed by atoms with Gasteiger partial charge in [0.2, 0.25) is 0 Å². The van der Waals surface area contributed by atoms with E-state index in [4.69, 9.17) is 5.11 Å². The molecule has 2 aliphatic rings. The van der Waals surface area contributed by atoms with E-state index in [-0.39, 0.29) is 12.1 Å². The van der Waals surface area contributed by atoms with E-state index in [0.29, 0.717) is 24.4 Å². The summed E-state index contributed by atoms with van der Waals surface area (Å²) < 4.78 is 1.73. The molecule has 0 aromatic carbocycles. The quantitative estimate of drug-likeness (QED) is 0.824. The Bertz CT molecular complexity index is 816. The van der Waals surface area contributed by atoms with E-state index in [2.05, 4.69) is 10.1 Å². The molecule has 1 aliphatic carbocycles. The first-order valence-electron chi connectivity index (χ1n) is 7.14. The van der Waals surface area contributed by atoms with Gasteiger partial charge in [-0.2, -0.15) is 5.10 Å². The average Bonchev–Trinajstić information content (AvgIpc) is 3.24. The molecule has 2 aromatic heterocycles. The number of hydrogen-bond acceptors (Lipinski definition) is 3.